The average molecular weight is 415 g/mol. The van der Waals surface area contributed by atoms with Gasteiger partial charge in [0.25, 0.3) is 0 Å². The van der Waals surface area contributed by atoms with Gasteiger partial charge < -0.3 is 14.8 Å². The Hall–Kier alpha value is -2.44. The van der Waals surface area contributed by atoms with Crippen LogP contribution in [0.25, 0.3) is 0 Å². The number of halogens is 1. The lowest BCUT2D eigenvalue weighted by Crippen LogP contribution is -2.41. The third kappa shape index (κ3) is 6.54. The van der Waals surface area contributed by atoms with Crippen LogP contribution in [0.4, 0.5) is 4.39 Å². The number of hydrogen-bond donors (Lipinski definition) is 1. The van der Waals surface area contributed by atoms with E-state index in [0.29, 0.717) is 19.7 Å². The van der Waals surface area contributed by atoms with Gasteiger partial charge in [-0.2, -0.15) is 0 Å². The van der Waals surface area contributed by atoms with Gasteiger partial charge in [-0.05, 0) is 62.6 Å². The van der Waals surface area contributed by atoms with Gasteiger partial charge in [0.1, 0.15) is 23.8 Å². The van der Waals surface area contributed by atoms with Crippen LogP contribution in [0.15, 0.2) is 48.5 Å². The van der Waals surface area contributed by atoms with Gasteiger partial charge in [-0.1, -0.05) is 29.8 Å². The normalized spacial score (nSPS) is 19.8. The van der Waals surface area contributed by atoms with Crippen molar-refractivity contribution >= 4 is 5.91 Å². The fraction of sp³-hybridized carbons (Fsp3) is 0.458. The van der Waals surface area contributed by atoms with Gasteiger partial charge >= 0.3 is 0 Å². The second-order valence-electron chi connectivity index (χ2n) is 8.03. The highest BCUT2D eigenvalue weighted by Gasteiger charge is 2.34. The van der Waals surface area contributed by atoms with E-state index in [9.17, 15) is 9.18 Å². The van der Waals surface area contributed by atoms with Gasteiger partial charge in [0.15, 0.2) is 0 Å². The number of benzene rings is 2. The Morgan fingerprint density at radius 3 is 2.70 bits per heavy atom. The molecule has 2 aromatic carbocycles. The molecule has 1 aliphatic heterocycles. The third-order valence-corrected chi connectivity index (χ3v) is 5.69. The van der Waals surface area contributed by atoms with E-state index in [-0.39, 0.29) is 17.3 Å². The molecule has 1 saturated heterocycles. The molecular weight excluding hydrogens is 383 g/mol. The molecule has 162 valence electrons. The smallest absolute Gasteiger partial charge is 0.234 e. The average Bonchev–Trinajstić information content (AvgIpc) is 2.95. The summed E-state index contributed by atoms with van der Waals surface area (Å²) in [5, 5.41) is 2.88. The van der Waals surface area contributed by atoms with Crippen molar-refractivity contribution in [2.45, 2.75) is 38.3 Å². The quantitative estimate of drug-likeness (QED) is 0.716. The summed E-state index contributed by atoms with van der Waals surface area (Å²) in [7, 11) is 1.74. The molecule has 0 saturated carbocycles. The maximum absolute atomic E-state index is 13.3. The lowest BCUT2D eigenvalue weighted by atomic mass is 9.95. The Morgan fingerprint density at radius 1 is 1.17 bits per heavy atom. The molecule has 3 rings (SSSR count). The summed E-state index contributed by atoms with van der Waals surface area (Å²) in [6.45, 7) is 4.80. The van der Waals surface area contributed by atoms with Gasteiger partial charge in [-0.15, -0.1) is 0 Å². The number of carbonyl (C=O) groups is 1. The van der Waals surface area contributed by atoms with Gasteiger partial charge in [0, 0.05) is 20.2 Å². The number of methoxy groups -OCH3 is 1. The van der Waals surface area contributed by atoms with E-state index < -0.39 is 0 Å². The number of nitrogens with zero attached hydrogens (tertiary/aromatic N) is 1. The molecule has 0 spiro atoms. The van der Waals surface area contributed by atoms with Crippen LogP contribution in [0.5, 0.6) is 5.75 Å². The molecule has 30 heavy (non-hydrogen) atoms. The zero-order valence-electron chi connectivity index (χ0n) is 17.8. The molecule has 2 aromatic rings. The number of likely N-dealkylation sites (tertiary alicyclic amines) is 1. The molecule has 6 heteroatoms. The summed E-state index contributed by atoms with van der Waals surface area (Å²) in [6.07, 6.45) is 2.62. The van der Waals surface area contributed by atoms with E-state index in [4.69, 9.17) is 9.47 Å². The summed E-state index contributed by atoms with van der Waals surface area (Å²) in [6, 6.07) is 14.3. The molecule has 0 aliphatic carbocycles. The standard InChI is InChI=1S/C24H31FN2O3/c1-19-7-9-22(10-8-19)30-18-24(29-2)11-4-13-27(14-12-24)17-23(28)26-16-20-5-3-6-21(25)15-20/h3,5-10,15H,4,11-14,16-18H2,1-2H3,(H,26,28). The molecule has 1 heterocycles. The van der Waals surface area contributed by atoms with Crippen molar-refractivity contribution in [2.24, 2.45) is 0 Å². The molecule has 1 amide bonds. The number of amides is 1. The summed E-state index contributed by atoms with van der Waals surface area (Å²) in [5.41, 5.74) is 1.60. The fourth-order valence-corrected chi connectivity index (χ4v) is 3.74. The maximum Gasteiger partial charge on any atom is 0.234 e. The molecule has 0 aromatic heterocycles. The van der Waals surface area contributed by atoms with Gasteiger partial charge in [-0.3, -0.25) is 9.69 Å². The predicted molar refractivity (Wildman–Crippen MR) is 115 cm³/mol. The number of aryl methyl sites for hydroxylation is 1. The Morgan fingerprint density at radius 2 is 1.97 bits per heavy atom. The fourth-order valence-electron chi connectivity index (χ4n) is 3.74. The first-order valence-corrected chi connectivity index (χ1v) is 10.5. The second-order valence-corrected chi connectivity index (χ2v) is 8.03. The van der Waals surface area contributed by atoms with Crippen LogP contribution >= 0.6 is 0 Å². The summed E-state index contributed by atoms with van der Waals surface area (Å²) >= 11 is 0. The number of nitrogens with one attached hydrogen (secondary N) is 1. The molecule has 1 atom stereocenters. The van der Waals surface area contributed by atoms with E-state index in [1.807, 2.05) is 24.3 Å². The van der Waals surface area contributed by atoms with E-state index in [1.165, 1.54) is 17.7 Å². The Labute approximate surface area is 178 Å². The van der Waals surface area contributed by atoms with Crippen molar-refractivity contribution in [3.8, 4) is 5.75 Å². The highest BCUT2D eigenvalue weighted by molar-refractivity contribution is 5.78. The first-order chi connectivity index (χ1) is 14.5. The molecule has 1 aliphatic rings. The zero-order valence-corrected chi connectivity index (χ0v) is 17.8. The van der Waals surface area contributed by atoms with Crippen LogP contribution in [0, 0.1) is 12.7 Å². The SMILES string of the molecule is COC1(COc2ccc(C)cc2)CCCN(CC(=O)NCc2cccc(F)c2)CC1. The van der Waals surface area contributed by atoms with Crippen LogP contribution in [0.1, 0.15) is 30.4 Å². The van der Waals surface area contributed by atoms with Crippen LogP contribution in [-0.4, -0.2) is 49.8 Å². The summed E-state index contributed by atoms with van der Waals surface area (Å²) < 4.78 is 25.2. The topological polar surface area (TPSA) is 50.8 Å². The van der Waals surface area contributed by atoms with Crippen LogP contribution in [0.2, 0.25) is 0 Å². The van der Waals surface area contributed by atoms with E-state index in [1.54, 1.807) is 19.2 Å². The van der Waals surface area contributed by atoms with E-state index in [0.717, 1.165) is 43.7 Å². The molecule has 1 unspecified atom stereocenters. The monoisotopic (exact) mass is 414 g/mol. The Balaban J connectivity index is 1.47. The van der Waals surface area contributed by atoms with Gasteiger partial charge in [0.2, 0.25) is 5.91 Å². The largest absolute Gasteiger partial charge is 0.491 e. The minimum atomic E-state index is -0.350. The summed E-state index contributed by atoms with van der Waals surface area (Å²) in [4.78, 5) is 14.5. The molecule has 1 N–H and O–H groups in total. The Kier molecular flexibility index (Phi) is 7.82. The molecule has 5 nitrogen and oxygen atoms in total. The number of rotatable bonds is 8. The number of ether oxygens (including phenoxy) is 2. The van der Waals surface area contributed by atoms with Crippen LogP contribution in [0.3, 0.4) is 0 Å². The number of carbonyl (C=O) groups excluding carboxylic acids is 1. The summed E-state index contributed by atoms with van der Waals surface area (Å²) in [5.74, 6) is 0.493. The van der Waals surface area contributed by atoms with Crippen molar-refractivity contribution in [2.75, 3.05) is 33.4 Å². The van der Waals surface area contributed by atoms with E-state index >= 15 is 0 Å². The van der Waals surface area contributed by atoms with Crippen molar-refractivity contribution in [3.05, 3.63) is 65.5 Å². The van der Waals surface area contributed by atoms with Crippen molar-refractivity contribution in [3.63, 3.8) is 0 Å². The minimum Gasteiger partial charge on any atom is -0.491 e. The van der Waals surface area contributed by atoms with Crippen molar-refractivity contribution < 1.29 is 18.7 Å². The van der Waals surface area contributed by atoms with Gasteiger partial charge in [0.05, 0.1) is 6.54 Å². The molecular formula is C24H31FN2O3. The predicted octanol–water partition coefficient (Wildman–Crippen LogP) is 3.70. The minimum absolute atomic E-state index is 0.0555. The van der Waals surface area contributed by atoms with Crippen LogP contribution in [-0.2, 0) is 16.1 Å². The van der Waals surface area contributed by atoms with Crippen molar-refractivity contribution in [1.82, 2.24) is 10.2 Å². The van der Waals surface area contributed by atoms with Gasteiger partial charge in [-0.25, -0.2) is 4.39 Å². The Bertz CT molecular complexity index is 827. The van der Waals surface area contributed by atoms with Crippen LogP contribution < -0.4 is 10.1 Å². The van der Waals surface area contributed by atoms with E-state index in [2.05, 4.69) is 17.1 Å². The number of hydrogen-bond acceptors (Lipinski definition) is 4. The maximum atomic E-state index is 13.3. The third-order valence-electron chi connectivity index (χ3n) is 5.69. The first-order valence-electron chi connectivity index (χ1n) is 10.5. The molecule has 0 radical (unpaired) electrons. The first kappa shape index (κ1) is 22.2. The second kappa shape index (κ2) is 10.5. The zero-order chi connectivity index (χ0) is 21.4. The lowest BCUT2D eigenvalue weighted by Gasteiger charge is -2.31. The molecule has 0 bridgehead atoms. The highest BCUT2D eigenvalue weighted by atomic mass is 19.1. The van der Waals surface area contributed by atoms with Crippen molar-refractivity contribution in [1.29, 1.82) is 0 Å². The highest BCUT2D eigenvalue weighted by Crippen LogP contribution is 2.27. The molecule has 1 fully saturated rings. The lowest BCUT2D eigenvalue weighted by molar-refractivity contribution is -0.122.